The van der Waals surface area contributed by atoms with Gasteiger partial charge in [0.1, 0.15) is 5.54 Å². The highest BCUT2D eigenvalue weighted by molar-refractivity contribution is 6.33. The minimum absolute atomic E-state index is 0.0197. The fraction of sp³-hybridized carbons (Fsp3) is 0.579. The SMILES string of the molecule is CC(C)C(=O)NC(C)(C)C(=O)N[C@@H]1CCN(c2ccc(C(F)(F)F)cc2Cl)C1. The molecule has 0 bridgehead atoms. The molecule has 0 spiro atoms. The standard InChI is InChI=1S/C19H25ClF3N3O2/c1-11(2)16(27)25-18(3,4)17(28)24-13-7-8-26(10-13)15-6-5-12(9-14(15)20)19(21,22)23/h5-6,9,11,13H,7-8,10H2,1-4H3,(H,24,28)(H,25,27)/t13-/m1/s1. The molecular weight excluding hydrogens is 395 g/mol. The molecule has 28 heavy (non-hydrogen) atoms. The highest BCUT2D eigenvalue weighted by Crippen LogP contribution is 2.36. The summed E-state index contributed by atoms with van der Waals surface area (Å²) in [7, 11) is 0. The average molecular weight is 420 g/mol. The van der Waals surface area contributed by atoms with E-state index in [1.54, 1.807) is 27.7 Å². The lowest BCUT2D eigenvalue weighted by molar-refractivity contribution is -0.137. The molecule has 1 atom stereocenters. The number of hydrogen-bond acceptors (Lipinski definition) is 3. The number of nitrogens with one attached hydrogen (secondary N) is 2. The van der Waals surface area contributed by atoms with Crippen molar-refractivity contribution in [3.63, 3.8) is 0 Å². The summed E-state index contributed by atoms with van der Waals surface area (Å²) in [5, 5.41) is 5.63. The highest BCUT2D eigenvalue weighted by atomic mass is 35.5. The predicted octanol–water partition coefficient (Wildman–Crippen LogP) is 3.60. The molecule has 2 amide bonds. The van der Waals surface area contributed by atoms with Gasteiger partial charge in [0.15, 0.2) is 0 Å². The van der Waals surface area contributed by atoms with Crippen molar-refractivity contribution in [2.75, 3.05) is 18.0 Å². The van der Waals surface area contributed by atoms with Crippen molar-refractivity contribution in [2.24, 2.45) is 5.92 Å². The maximum absolute atomic E-state index is 12.8. The Balaban J connectivity index is 2.00. The van der Waals surface area contributed by atoms with Gasteiger partial charge in [-0.2, -0.15) is 13.2 Å². The highest BCUT2D eigenvalue weighted by Gasteiger charge is 2.35. The van der Waals surface area contributed by atoms with Crippen molar-refractivity contribution < 1.29 is 22.8 Å². The maximum atomic E-state index is 12.8. The Labute approximate surface area is 167 Å². The van der Waals surface area contributed by atoms with Gasteiger partial charge in [-0.15, -0.1) is 0 Å². The second-order valence-electron chi connectivity index (χ2n) is 7.84. The zero-order chi connectivity index (χ0) is 21.3. The Hall–Kier alpha value is -1.96. The van der Waals surface area contributed by atoms with Crippen molar-refractivity contribution in [3.8, 4) is 0 Å². The smallest absolute Gasteiger partial charge is 0.368 e. The molecule has 2 rings (SSSR count). The van der Waals surface area contributed by atoms with Gasteiger partial charge < -0.3 is 15.5 Å². The zero-order valence-corrected chi connectivity index (χ0v) is 17.0. The number of anilines is 1. The Bertz CT molecular complexity index is 750. The Kier molecular flexibility index (Phi) is 6.53. The van der Waals surface area contributed by atoms with Gasteiger partial charge in [0, 0.05) is 25.0 Å². The van der Waals surface area contributed by atoms with Gasteiger partial charge >= 0.3 is 6.18 Å². The number of nitrogens with zero attached hydrogens (tertiary/aromatic N) is 1. The van der Waals surface area contributed by atoms with E-state index in [-0.39, 0.29) is 28.8 Å². The molecule has 0 aromatic heterocycles. The average Bonchev–Trinajstić information content (AvgIpc) is 3.01. The number of benzene rings is 1. The molecule has 1 fully saturated rings. The number of hydrogen-bond donors (Lipinski definition) is 2. The van der Waals surface area contributed by atoms with Crippen LogP contribution in [0.25, 0.3) is 0 Å². The predicted molar refractivity (Wildman–Crippen MR) is 102 cm³/mol. The summed E-state index contributed by atoms with van der Waals surface area (Å²) >= 11 is 6.05. The van der Waals surface area contributed by atoms with Crippen LogP contribution in [0.2, 0.25) is 5.02 Å². The van der Waals surface area contributed by atoms with Gasteiger partial charge in [0.05, 0.1) is 16.3 Å². The van der Waals surface area contributed by atoms with Crippen molar-refractivity contribution >= 4 is 29.1 Å². The van der Waals surface area contributed by atoms with Crippen LogP contribution in [0, 0.1) is 5.92 Å². The molecule has 0 radical (unpaired) electrons. The topological polar surface area (TPSA) is 61.4 Å². The summed E-state index contributed by atoms with van der Waals surface area (Å²) < 4.78 is 38.4. The van der Waals surface area contributed by atoms with E-state index in [0.717, 1.165) is 12.1 Å². The summed E-state index contributed by atoms with van der Waals surface area (Å²) in [6.07, 6.45) is -3.83. The number of rotatable bonds is 5. The van der Waals surface area contributed by atoms with Crippen LogP contribution in [-0.4, -0.2) is 36.5 Å². The molecule has 1 aliphatic rings. The lowest BCUT2D eigenvalue weighted by atomic mass is 10.0. The lowest BCUT2D eigenvalue weighted by Crippen LogP contribution is -2.57. The number of halogens is 4. The molecule has 9 heteroatoms. The van der Waals surface area contributed by atoms with Crippen LogP contribution in [0.4, 0.5) is 18.9 Å². The van der Waals surface area contributed by atoms with E-state index in [2.05, 4.69) is 10.6 Å². The van der Waals surface area contributed by atoms with E-state index in [1.165, 1.54) is 6.07 Å². The number of alkyl halides is 3. The van der Waals surface area contributed by atoms with E-state index < -0.39 is 17.3 Å². The van der Waals surface area contributed by atoms with Gasteiger partial charge in [-0.05, 0) is 38.5 Å². The third-order valence-electron chi connectivity index (χ3n) is 4.67. The fourth-order valence-electron chi connectivity index (χ4n) is 2.91. The number of carbonyl (C=O) groups excluding carboxylic acids is 2. The van der Waals surface area contributed by atoms with Gasteiger partial charge in [-0.25, -0.2) is 0 Å². The van der Waals surface area contributed by atoms with Gasteiger partial charge in [-0.3, -0.25) is 9.59 Å². The largest absolute Gasteiger partial charge is 0.416 e. The van der Waals surface area contributed by atoms with E-state index in [0.29, 0.717) is 25.2 Å². The molecule has 1 saturated heterocycles. The number of amides is 2. The van der Waals surface area contributed by atoms with Crippen LogP contribution in [0.3, 0.4) is 0 Å². The maximum Gasteiger partial charge on any atom is 0.416 e. The van der Waals surface area contributed by atoms with Crippen LogP contribution in [0.5, 0.6) is 0 Å². The summed E-state index contributed by atoms with van der Waals surface area (Å²) in [5.74, 6) is -0.771. The van der Waals surface area contributed by atoms with Crippen LogP contribution < -0.4 is 15.5 Å². The minimum Gasteiger partial charge on any atom is -0.368 e. The van der Waals surface area contributed by atoms with Crippen molar-refractivity contribution in [1.29, 1.82) is 0 Å². The minimum atomic E-state index is -4.45. The first-order valence-electron chi connectivity index (χ1n) is 9.06. The summed E-state index contributed by atoms with van der Waals surface area (Å²) in [6, 6.07) is 3.06. The molecule has 1 heterocycles. The molecule has 0 saturated carbocycles. The van der Waals surface area contributed by atoms with Crippen LogP contribution in [0.1, 0.15) is 39.7 Å². The zero-order valence-electron chi connectivity index (χ0n) is 16.3. The Morgan fingerprint density at radius 3 is 2.43 bits per heavy atom. The van der Waals surface area contributed by atoms with Crippen LogP contribution >= 0.6 is 11.6 Å². The molecule has 1 aromatic carbocycles. The molecule has 156 valence electrons. The van der Waals surface area contributed by atoms with Gasteiger partial charge in [0.2, 0.25) is 11.8 Å². The molecule has 5 nitrogen and oxygen atoms in total. The van der Waals surface area contributed by atoms with E-state index in [4.69, 9.17) is 11.6 Å². The fourth-order valence-corrected chi connectivity index (χ4v) is 3.21. The monoisotopic (exact) mass is 419 g/mol. The Morgan fingerprint density at radius 1 is 1.25 bits per heavy atom. The third kappa shape index (κ3) is 5.31. The summed E-state index contributed by atoms with van der Waals surface area (Å²) in [6.45, 7) is 7.71. The molecule has 1 aromatic rings. The second-order valence-corrected chi connectivity index (χ2v) is 8.25. The molecular formula is C19H25ClF3N3O2. The van der Waals surface area contributed by atoms with Gasteiger partial charge in [-0.1, -0.05) is 25.4 Å². The second kappa shape index (κ2) is 8.19. The van der Waals surface area contributed by atoms with Crippen molar-refractivity contribution in [2.45, 2.75) is 51.9 Å². The first kappa shape index (κ1) is 22.3. The van der Waals surface area contributed by atoms with Crippen LogP contribution in [-0.2, 0) is 15.8 Å². The van der Waals surface area contributed by atoms with E-state index in [1.807, 2.05) is 4.90 Å². The first-order chi connectivity index (χ1) is 12.8. The van der Waals surface area contributed by atoms with Crippen molar-refractivity contribution in [3.05, 3.63) is 28.8 Å². The van der Waals surface area contributed by atoms with E-state index in [9.17, 15) is 22.8 Å². The van der Waals surface area contributed by atoms with Gasteiger partial charge in [0.25, 0.3) is 0 Å². The molecule has 1 aliphatic heterocycles. The summed E-state index contributed by atoms with van der Waals surface area (Å²) in [4.78, 5) is 26.3. The molecule has 0 unspecified atom stereocenters. The lowest BCUT2D eigenvalue weighted by Gasteiger charge is -2.28. The third-order valence-corrected chi connectivity index (χ3v) is 4.97. The molecule has 0 aliphatic carbocycles. The first-order valence-corrected chi connectivity index (χ1v) is 9.43. The van der Waals surface area contributed by atoms with Crippen LogP contribution in [0.15, 0.2) is 18.2 Å². The normalized spacial score (nSPS) is 17.8. The molecule has 2 N–H and O–H groups in total. The summed E-state index contributed by atoms with van der Waals surface area (Å²) in [5.41, 5.74) is -1.37. The Morgan fingerprint density at radius 2 is 1.89 bits per heavy atom. The van der Waals surface area contributed by atoms with E-state index >= 15 is 0 Å². The van der Waals surface area contributed by atoms with Crippen molar-refractivity contribution in [1.82, 2.24) is 10.6 Å². The quantitative estimate of drug-likeness (QED) is 0.766. The number of carbonyl (C=O) groups is 2.